The zero-order chi connectivity index (χ0) is 22.8. The first-order chi connectivity index (χ1) is 15.3. The highest BCUT2D eigenvalue weighted by Crippen LogP contribution is 2.45. The molecule has 2 aliphatic rings. The van der Waals surface area contributed by atoms with Crippen molar-refractivity contribution in [1.82, 2.24) is 0 Å². The van der Waals surface area contributed by atoms with Gasteiger partial charge in [-0.15, -0.1) is 0 Å². The molecule has 0 spiro atoms. The Morgan fingerprint density at radius 2 is 1.31 bits per heavy atom. The summed E-state index contributed by atoms with van der Waals surface area (Å²) in [5.41, 5.74) is -0.523. The first-order valence-electron chi connectivity index (χ1n) is 10.3. The van der Waals surface area contributed by atoms with Crippen LogP contribution in [0.3, 0.4) is 0 Å². The largest absolute Gasteiger partial charge is 0.459 e. The van der Waals surface area contributed by atoms with Crippen LogP contribution in [0.2, 0.25) is 0 Å². The molecule has 0 unspecified atom stereocenters. The van der Waals surface area contributed by atoms with Gasteiger partial charge in [-0.05, 0) is 38.1 Å². The van der Waals surface area contributed by atoms with Crippen molar-refractivity contribution >= 4 is 11.9 Å². The lowest BCUT2D eigenvalue weighted by atomic mass is 9.97. The molecule has 2 aromatic rings. The van der Waals surface area contributed by atoms with Crippen LogP contribution in [0.1, 0.15) is 34.6 Å². The second kappa shape index (κ2) is 8.99. The van der Waals surface area contributed by atoms with Crippen LogP contribution in [-0.4, -0.2) is 62.1 Å². The Labute approximate surface area is 186 Å². The number of benzene rings is 2. The Hall–Kier alpha value is -2.78. The maximum Gasteiger partial charge on any atom is 0.338 e. The van der Waals surface area contributed by atoms with Gasteiger partial charge in [-0.2, -0.15) is 0 Å². The molecule has 0 radical (unpaired) electrons. The maximum atomic E-state index is 12.6. The van der Waals surface area contributed by atoms with Gasteiger partial charge in [0, 0.05) is 7.11 Å². The van der Waals surface area contributed by atoms with E-state index in [9.17, 15) is 9.59 Å². The topological polar surface area (TPSA) is 89.5 Å². The highest BCUT2D eigenvalue weighted by Gasteiger charge is 2.64. The minimum absolute atomic E-state index is 0.219. The van der Waals surface area contributed by atoms with Crippen molar-refractivity contribution in [1.29, 1.82) is 0 Å². The molecule has 2 aromatic carbocycles. The average molecular weight is 442 g/mol. The summed E-state index contributed by atoms with van der Waals surface area (Å²) >= 11 is 0. The van der Waals surface area contributed by atoms with Gasteiger partial charge in [0.2, 0.25) is 0 Å². The molecule has 0 aliphatic carbocycles. The highest BCUT2D eigenvalue weighted by atomic mass is 16.8. The van der Waals surface area contributed by atoms with Crippen LogP contribution in [0.25, 0.3) is 0 Å². The van der Waals surface area contributed by atoms with Gasteiger partial charge in [0.25, 0.3) is 0 Å². The smallest absolute Gasteiger partial charge is 0.338 e. The molecule has 4 rings (SSSR count). The molecule has 2 fully saturated rings. The van der Waals surface area contributed by atoms with Crippen LogP contribution in [0.5, 0.6) is 0 Å². The molecule has 0 N–H and O–H groups in total. The van der Waals surface area contributed by atoms with Gasteiger partial charge in [-0.25, -0.2) is 9.59 Å². The van der Waals surface area contributed by atoms with E-state index in [-0.39, 0.29) is 13.2 Å². The van der Waals surface area contributed by atoms with E-state index in [1.807, 2.05) is 0 Å². The van der Waals surface area contributed by atoms with Crippen molar-refractivity contribution in [3.05, 3.63) is 71.8 Å². The second-order valence-corrected chi connectivity index (χ2v) is 8.19. The number of ether oxygens (including phenoxy) is 6. The zero-order valence-corrected chi connectivity index (χ0v) is 18.2. The molecule has 2 heterocycles. The molecule has 8 nitrogen and oxygen atoms in total. The van der Waals surface area contributed by atoms with Gasteiger partial charge >= 0.3 is 11.9 Å². The fourth-order valence-corrected chi connectivity index (χ4v) is 3.91. The summed E-state index contributed by atoms with van der Waals surface area (Å²) in [7, 11) is 1.48. The molecule has 2 saturated heterocycles. The molecule has 8 heteroatoms. The molecule has 170 valence electrons. The lowest BCUT2D eigenvalue weighted by Gasteiger charge is -2.33. The summed E-state index contributed by atoms with van der Waals surface area (Å²) in [4.78, 5) is 25.2. The van der Waals surface area contributed by atoms with E-state index < -0.39 is 41.8 Å². The summed E-state index contributed by atoms with van der Waals surface area (Å²) in [6.45, 7) is 3.11. The number of carbonyl (C=O) groups is 2. The van der Waals surface area contributed by atoms with Crippen LogP contribution < -0.4 is 0 Å². The first kappa shape index (κ1) is 22.4. The Morgan fingerprint density at radius 1 is 0.812 bits per heavy atom. The number of fused-ring (bicyclic) bond motifs is 1. The van der Waals surface area contributed by atoms with Crippen LogP contribution >= 0.6 is 0 Å². The standard InChI is InChI=1S/C24H26O8/c1-23(2)30-18-19(31-23)24(32-22(18)27-3,14-28-20(25)16-10-6-4-7-11-16)15-29-21(26)17-12-8-5-9-13-17/h4-13,18-19,22H,14-15H2,1-3H3/t18-,19+,22-/m1/s1. The molecule has 0 bridgehead atoms. The molecule has 0 amide bonds. The molecular weight excluding hydrogens is 416 g/mol. The van der Waals surface area contributed by atoms with Gasteiger partial charge < -0.3 is 28.4 Å². The molecule has 2 aliphatic heterocycles. The third kappa shape index (κ3) is 4.54. The van der Waals surface area contributed by atoms with Gasteiger partial charge in [-0.3, -0.25) is 0 Å². The lowest BCUT2D eigenvalue weighted by Crippen LogP contribution is -2.51. The Morgan fingerprint density at radius 3 is 1.78 bits per heavy atom. The summed E-state index contributed by atoms with van der Waals surface area (Å²) < 4.78 is 34.8. The van der Waals surface area contributed by atoms with Crippen molar-refractivity contribution in [2.75, 3.05) is 20.3 Å². The summed E-state index contributed by atoms with van der Waals surface area (Å²) in [5, 5.41) is 0. The molecule has 3 atom stereocenters. The van der Waals surface area contributed by atoms with Crippen LogP contribution in [0, 0.1) is 0 Å². The van der Waals surface area contributed by atoms with Crippen molar-refractivity contribution in [2.24, 2.45) is 0 Å². The van der Waals surface area contributed by atoms with E-state index in [4.69, 9.17) is 28.4 Å². The van der Waals surface area contributed by atoms with E-state index in [0.29, 0.717) is 11.1 Å². The number of carbonyl (C=O) groups excluding carboxylic acids is 2. The first-order valence-corrected chi connectivity index (χ1v) is 10.3. The lowest BCUT2D eigenvalue weighted by molar-refractivity contribution is -0.261. The Balaban J connectivity index is 1.56. The van der Waals surface area contributed by atoms with E-state index >= 15 is 0 Å². The van der Waals surface area contributed by atoms with E-state index in [0.717, 1.165) is 0 Å². The minimum atomic E-state index is -1.31. The SMILES string of the molecule is CO[C@@H]1OC(COC(=O)c2ccccc2)(COC(=O)c2ccccc2)[C@H]2OC(C)(C)O[C@@H]12. The van der Waals surface area contributed by atoms with Crippen molar-refractivity contribution in [2.45, 2.75) is 43.7 Å². The summed E-state index contributed by atoms with van der Waals surface area (Å²) in [6, 6.07) is 17.2. The van der Waals surface area contributed by atoms with Gasteiger partial charge in [0.1, 0.15) is 25.4 Å². The second-order valence-electron chi connectivity index (χ2n) is 8.19. The fraction of sp³-hybridized carbons (Fsp3) is 0.417. The number of hydrogen-bond acceptors (Lipinski definition) is 8. The van der Waals surface area contributed by atoms with Crippen LogP contribution in [0.15, 0.2) is 60.7 Å². The number of methoxy groups -OCH3 is 1. The minimum Gasteiger partial charge on any atom is -0.459 e. The molecule has 0 aromatic heterocycles. The third-order valence-corrected chi connectivity index (χ3v) is 5.41. The third-order valence-electron chi connectivity index (χ3n) is 5.41. The highest BCUT2D eigenvalue weighted by molar-refractivity contribution is 5.90. The number of rotatable bonds is 7. The molecule has 0 saturated carbocycles. The number of hydrogen-bond donors (Lipinski definition) is 0. The quantitative estimate of drug-likeness (QED) is 0.605. The summed E-state index contributed by atoms with van der Waals surface area (Å²) in [6.07, 6.45) is -2.05. The maximum absolute atomic E-state index is 12.6. The normalized spacial score (nSPS) is 25.2. The van der Waals surface area contributed by atoms with Crippen LogP contribution in [0.4, 0.5) is 0 Å². The predicted octanol–water partition coefficient (Wildman–Crippen LogP) is 2.96. The van der Waals surface area contributed by atoms with E-state index in [2.05, 4.69) is 0 Å². The van der Waals surface area contributed by atoms with Crippen LogP contribution in [-0.2, 0) is 28.4 Å². The fourth-order valence-electron chi connectivity index (χ4n) is 3.91. The van der Waals surface area contributed by atoms with Gasteiger partial charge in [0.15, 0.2) is 17.7 Å². The van der Waals surface area contributed by atoms with Gasteiger partial charge in [-0.1, -0.05) is 36.4 Å². The predicted molar refractivity (Wildman–Crippen MR) is 112 cm³/mol. The van der Waals surface area contributed by atoms with E-state index in [1.165, 1.54) is 7.11 Å². The number of esters is 2. The van der Waals surface area contributed by atoms with E-state index in [1.54, 1.807) is 74.5 Å². The Bertz CT molecular complexity index is 887. The average Bonchev–Trinajstić information content (AvgIpc) is 3.28. The van der Waals surface area contributed by atoms with Gasteiger partial charge in [0.05, 0.1) is 11.1 Å². The zero-order valence-electron chi connectivity index (χ0n) is 18.2. The molecule has 32 heavy (non-hydrogen) atoms. The Kier molecular flexibility index (Phi) is 6.30. The van der Waals surface area contributed by atoms with Crippen molar-refractivity contribution in [3.8, 4) is 0 Å². The monoisotopic (exact) mass is 442 g/mol. The summed E-state index contributed by atoms with van der Waals surface area (Å²) in [5.74, 6) is -1.97. The van der Waals surface area contributed by atoms with Crippen molar-refractivity contribution in [3.63, 3.8) is 0 Å². The van der Waals surface area contributed by atoms with Crippen molar-refractivity contribution < 1.29 is 38.0 Å². The molecular formula is C24H26O8.